The summed E-state index contributed by atoms with van der Waals surface area (Å²) in [6.45, 7) is 7.13. The first-order valence-corrected chi connectivity index (χ1v) is 8.98. The molecular weight excluding hydrogens is 397 g/mol. The second-order valence-corrected chi connectivity index (χ2v) is 6.93. The number of pyridine rings is 1. The van der Waals surface area contributed by atoms with E-state index in [0.29, 0.717) is 19.0 Å². The average Bonchev–Trinajstić information content (AvgIpc) is 2.63. The Morgan fingerprint density at radius 2 is 1.68 bits per heavy atom. The van der Waals surface area contributed by atoms with E-state index in [9.17, 15) is 4.79 Å². The lowest BCUT2D eigenvalue weighted by molar-refractivity contribution is -0.139. The predicted molar refractivity (Wildman–Crippen MR) is 119 cm³/mol. The number of benzene rings is 1. The van der Waals surface area contributed by atoms with Gasteiger partial charge in [-0.05, 0) is 47.1 Å². The largest absolute Gasteiger partial charge is 0.469 e. The first-order valence-electron chi connectivity index (χ1n) is 8.98. The van der Waals surface area contributed by atoms with Crippen LogP contribution in [0.4, 0.5) is 0 Å². The molecule has 2 rings (SSSR count). The molecule has 28 heavy (non-hydrogen) atoms. The lowest BCUT2D eigenvalue weighted by atomic mass is 9.88. The minimum absolute atomic E-state index is 0. The fourth-order valence-electron chi connectivity index (χ4n) is 3.21. The molecule has 0 aliphatic rings. The Labute approximate surface area is 180 Å². The van der Waals surface area contributed by atoms with Crippen molar-refractivity contribution in [1.82, 2.24) is 4.98 Å². The van der Waals surface area contributed by atoms with Gasteiger partial charge in [0.05, 0.1) is 13.5 Å². The van der Waals surface area contributed by atoms with Crippen molar-refractivity contribution < 1.29 is 9.53 Å². The molecule has 1 aromatic carbocycles. The van der Waals surface area contributed by atoms with E-state index in [4.69, 9.17) is 21.2 Å². The van der Waals surface area contributed by atoms with Gasteiger partial charge in [0, 0.05) is 24.5 Å². The number of esters is 1. The summed E-state index contributed by atoms with van der Waals surface area (Å²) in [6, 6.07) is 8.09. The summed E-state index contributed by atoms with van der Waals surface area (Å²) in [5.41, 5.74) is 18.7. The number of rotatable bonds is 7. The summed E-state index contributed by atoms with van der Waals surface area (Å²) in [4.78, 5) is 16.8. The van der Waals surface area contributed by atoms with E-state index in [1.165, 1.54) is 7.11 Å². The van der Waals surface area contributed by atoms with Crippen molar-refractivity contribution in [3.63, 3.8) is 0 Å². The molecule has 1 heterocycles. The Hall–Kier alpha value is -1.66. The van der Waals surface area contributed by atoms with Crippen molar-refractivity contribution in [2.24, 2.45) is 17.4 Å². The second-order valence-electron chi connectivity index (χ2n) is 6.93. The molecule has 0 fully saturated rings. The van der Waals surface area contributed by atoms with E-state index in [0.717, 1.165) is 45.6 Å². The van der Waals surface area contributed by atoms with Crippen molar-refractivity contribution in [2.75, 3.05) is 7.11 Å². The number of carbonyl (C=O) groups excluding carboxylic acids is 1. The molecule has 0 aliphatic heterocycles. The van der Waals surface area contributed by atoms with E-state index < -0.39 is 0 Å². The smallest absolute Gasteiger partial charge is 0.310 e. The Bertz CT molecular complexity index is 778. The third kappa shape index (κ3) is 6.17. The number of nitrogens with two attached hydrogens (primary N) is 2. The van der Waals surface area contributed by atoms with Gasteiger partial charge in [-0.25, -0.2) is 0 Å². The normalized spacial score (nSPS) is 10.2. The van der Waals surface area contributed by atoms with E-state index >= 15 is 0 Å². The number of aromatic nitrogens is 1. The molecule has 156 valence electrons. The highest BCUT2D eigenvalue weighted by molar-refractivity contribution is 5.85. The molecule has 2 aromatic rings. The van der Waals surface area contributed by atoms with Crippen molar-refractivity contribution in [2.45, 2.75) is 46.7 Å². The minimum Gasteiger partial charge on any atom is -0.469 e. The Kier molecular flexibility index (Phi) is 11.3. The van der Waals surface area contributed by atoms with Gasteiger partial charge in [-0.15, -0.1) is 24.8 Å². The zero-order chi connectivity index (χ0) is 19.3. The SMILES string of the molecule is COC(=O)Cc1c(C)nc(CC(C)C)c(CN)c1-c1ccc(CN)cc1.Cl.Cl. The molecule has 0 aliphatic carbocycles. The van der Waals surface area contributed by atoms with Crippen LogP contribution in [0.2, 0.25) is 0 Å². The molecule has 0 saturated heterocycles. The van der Waals surface area contributed by atoms with Crippen LogP contribution in [0.25, 0.3) is 11.1 Å². The Balaban J connectivity index is 0.00000364. The maximum absolute atomic E-state index is 12.0. The Morgan fingerprint density at radius 3 is 2.14 bits per heavy atom. The highest BCUT2D eigenvalue weighted by atomic mass is 35.5. The quantitative estimate of drug-likeness (QED) is 0.656. The van der Waals surface area contributed by atoms with Gasteiger partial charge in [-0.1, -0.05) is 38.1 Å². The fraction of sp³-hybridized carbons (Fsp3) is 0.429. The number of nitrogens with zero attached hydrogens (tertiary/aromatic N) is 1. The third-order valence-electron chi connectivity index (χ3n) is 4.52. The number of hydrogen-bond donors (Lipinski definition) is 2. The van der Waals surface area contributed by atoms with Crippen molar-refractivity contribution in [1.29, 1.82) is 0 Å². The van der Waals surface area contributed by atoms with Gasteiger partial charge in [-0.2, -0.15) is 0 Å². The van der Waals surface area contributed by atoms with Gasteiger partial charge in [0.1, 0.15) is 0 Å². The van der Waals surface area contributed by atoms with Crippen LogP contribution in [0, 0.1) is 12.8 Å². The van der Waals surface area contributed by atoms with Crippen LogP contribution in [-0.4, -0.2) is 18.1 Å². The number of halogens is 2. The lowest BCUT2D eigenvalue weighted by Gasteiger charge is -2.21. The van der Waals surface area contributed by atoms with Crippen LogP contribution in [0.1, 0.15) is 41.9 Å². The van der Waals surface area contributed by atoms with Gasteiger partial charge in [0.15, 0.2) is 0 Å². The summed E-state index contributed by atoms with van der Waals surface area (Å²) < 4.78 is 4.89. The van der Waals surface area contributed by atoms with E-state index in [1.54, 1.807) is 0 Å². The number of methoxy groups -OCH3 is 1. The van der Waals surface area contributed by atoms with Gasteiger partial charge < -0.3 is 16.2 Å². The number of hydrogen-bond acceptors (Lipinski definition) is 5. The summed E-state index contributed by atoms with van der Waals surface area (Å²) in [5, 5.41) is 0. The molecule has 0 unspecified atom stereocenters. The molecular formula is C21H31Cl2N3O2. The van der Waals surface area contributed by atoms with E-state index in [1.807, 2.05) is 31.2 Å². The number of ether oxygens (including phenoxy) is 1. The van der Waals surface area contributed by atoms with E-state index in [2.05, 4.69) is 13.8 Å². The zero-order valence-electron chi connectivity index (χ0n) is 17.0. The molecule has 5 nitrogen and oxygen atoms in total. The molecule has 7 heteroatoms. The summed E-state index contributed by atoms with van der Waals surface area (Å²) >= 11 is 0. The first-order chi connectivity index (χ1) is 12.4. The van der Waals surface area contributed by atoms with E-state index in [-0.39, 0.29) is 37.2 Å². The summed E-state index contributed by atoms with van der Waals surface area (Å²) in [7, 11) is 1.40. The average molecular weight is 428 g/mol. The van der Waals surface area contributed by atoms with Crippen molar-refractivity contribution in [3.05, 3.63) is 52.3 Å². The number of carbonyl (C=O) groups is 1. The first kappa shape index (κ1) is 26.3. The summed E-state index contributed by atoms with van der Waals surface area (Å²) in [5.74, 6) is 0.181. The van der Waals surface area contributed by atoms with Crippen LogP contribution in [-0.2, 0) is 35.5 Å². The van der Waals surface area contributed by atoms with Crippen LogP contribution in [0.15, 0.2) is 24.3 Å². The van der Waals surface area contributed by atoms with Crippen LogP contribution >= 0.6 is 24.8 Å². The number of aryl methyl sites for hydroxylation is 1. The molecule has 0 bridgehead atoms. The van der Waals surface area contributed by atoms with Crippen LogP contribution in [0.5, 0.6) is 0 Å². The van der Waals surface area contributed by atoms with Gasteiger partial charge in [-0.3, -0.25) is 9.78 Å². The maximum Gasteiger partial charge on any atom is 0.310 e. The lowest BCUT2D eigenvalue weighted by Crippen LogP contribution is -2.15. The third-order valence-corrected chi connectivity index (χ3v) is 4.52. The topological polar surface area (TPSA) is 91.2 Å². The highest BCUT2D eigenvalue weighted by Crippen LogP contribution is 2.33. The van der Waals surface area contributed by atoms with Crippen molar-refractivity contribution >= 4 is 30.8 Å². The molecule has 0 spiro atoms. The van der Waals surface area contributed by atoms with Crippen LogP contribution < -0.4 is 11.5 Å². The van der Waals surface area contributed by atoms with Gasteiger partial charge in [0.2, 0.25) is 0 Å². The molecule has 0 saturated carbocycles. The molecule has 1 aromatic heterocycles. The standard InChI is InChI=1S/C21H29N3O2.2ClH/c1-13(2)9-19-18(12-23)21(16-7-5-15(11-22)6-8-16)17(14(3)24-19)10-20(25)26-4;;/h5-8,13H,9-12,22-23H2,1-4H3;2*1H. The van der Waals surface area contributed by atoms with Gasteiger partial charge in [0.25, 0.3) is 0 Å². The molecule has 0 atom stereocenters. The second kappa shape index (κ2) is 12.0. The fourth-order valence-corrected chi connectivity index (χ4v) is 3.21. The summed E-state index contributed by atoms with van der Waals surface area (Å²) in [6.07, 6.45) is 1.03. The monoisotopic (exact) mass is 427 g/mol. The Morgan fingerprint density at radius 1 is 1.07 bits per heavy atom. The molecule has 4 N–H and O–H groups in total. The van der Waals surface area contributed by atoms with Crippen molar-refractivity contribution in [3.8, 4) is 11.1 Å². The minimum atomic E-state index is -0.283. The molecule has 0 radical (unpaired) electrons. The van der Waals surface area contributed by atoms with Gasteiger partial charge >= 0.3 is 5.97 Å². The zero-order valence-corrected chi connectivity index (χ0v) is 18.6. The highest BCUT2D eigenvalue weighted by Gasteiger charge is 2.21. The maximum atomic E-state index is 12.0. The predicted octanol–water partition coefficient (Wildman–Crippen LogP) is 3.73. The van der Waals surface area contributed by atoms with Crippen LogP contribution in [0.3, 0.4) is 0 Å². The molecule has 0 amide bonds.